The largest absolute Gasteiger partial charge is 0.497 e. The highest BCUT2D eigenvalue weighted by Gasteiger charge is 2.06. The van der Waals surface area contributed by atoms with Crippen molar-refractivity contribution < 1.29 is 9.53 Å². The zero-order valence-electron chi connectivity index (χ0n) is 18.1. The molecule has 1 aromatic carbocycles. The molecule has 0 aliphatic carbocycles. The maximum atomic E-state index is 11.9. The zero-order valence-corrected chi connectivity index (χ0v) is 21.3. The molecule has 0 aliphatic heterocycles. The molecule has 1 heterocycles. The van der Waals surface area contributed by atoms with Crippen molar-refractivity contribution in [3.8, 4) is 5.75 Å². The Labute approximate surface area is 200 Å². The van der Waals surface area contributed by atoms with Crippen LogP contribution in [0.1, 0.15) is 22.4 Å². The van der Waals surface area contributed by atoms with Gasteiger partial charge in [-0.25, -0.2) is 9.98 Å². The van der Waals surface area contributed by atoms with Gasteiger partial charge in [-0.15, -0.1) is 35.3 Å². The molecule has 2 N–H and O–H groups in total. The van der Waals surface area contributed by atoms with E-state index in [1.165, 1.54) is 10.4 Å². The molecule has 0 spiro atoms. The summed E-state index contributed by atoms with van der Waals surface area (Å²) in [6.07, 6.45) is 4.62. The Hall–Kier alpha value is -1.88. The summed E-state index contributed by atoms with van der Waals surface area (Å²) in [6, 6.07) is 8.01. The van der Waals surface area contributed by atoms with Crippen LogP contribution in [-0.4, -0.2) is 62.6 Å². The number of thiazole rings is 1. The summed E-state index contributed by atoms with van der Waals surface area (Å²) in [4.78, 5) is 23.6. The molecule has 2 aromatic rings. The lowest BCUT2D eigenvalue weighted by Crippen LogP contribution is -2.40. The maximum Gasteiger partial charge on any atom is 0.243 e. The number of likely N-dealkylation sites (N-methyl/N-ethyl adjacent to an activating group) is 1. The minimum absolute atomic E-state index is 0. The fourth-order valence-corrected chi connectivity index (χ4v) is 3.36. The SMILES string of the molecule is CCc1cnc(CCNC(=NCC(=O)N(C)C)NCCc2ccc(OC)cc2)s1.I. The first kappa shape index (κ1) is 26.2. The quantitative estimate of drug-likeness (QED) is 0.273. The van der Waals surface area contributed by atoms with Crippen molar-refractivity contribution in [1.29, 1.82) is 0 Å². The summed E-state index contributed by atoms with van der Waals surface area (Å²) in [5, 5.41) is 7.73. The number of carbonyl (C=O) groups is 1. The molecule has 0 radical (unpaired) electrons. The molecule has 0 atom stereocenters. The summed E-state index contributed by atoms with van der Waals surface area (Å²) in [5.41, 5.74) is 1.21. The molecule has 7 nitrogen and oxygen atoms in total. The van der Waals surface area contributed by atoms with Gasteiger partial charge in [0, 0.05) is 44.7 Å². The third-order valence-electron chi connectivity index (χ3n) is 4.32. The predicted octanol–water partition coefficient (Wildman–Crippen LogP) is 2.74. The van der Waals surface area contributed by atoms with Crippen LogP contribution in [0, 0.1) is 0 Å². The molecule has 1 amide bonds. The summed E-state index contributed by atoms with van der Waals surface area (Å²) in [6.45, 7) is 3.67. The number of nitrogens with one attached hydrogen (secondary N) is 2. The molecular formula is C21H32IN5O2S. The second-order valence-electron chi connectivity index (χ2n) is 6.73. The number of nitrogens with zero attached hydrogens (tertiary/aromatic N) is 3. The number of ether oxygens (including phenoxy) is 1. The fourth-order valence-electron chi connectivity index (χ4n) is 2.49. The van der Waals surface area contributed by atoms with Crippen LogP contribution in [0.5, 0.6) is 5.75 Å². The van der Waals surface area contributed by atoms with Crippen molar-refractivity contribution in [2.24, 2.45) is 4.99 Å². The Morgan fingerprint density at radius 1 is 1.17 bits per heavy atom. The lowest BCUT2D eigenvalue weighted by molar-refractivity contribution is -0.127. The summed E-state index contributed by atoms with van der Waals surface area (Å²) >= 11 is 1.74. The number of aromatic nitrogens is 1. The van der Waals surface area contributed by atoms with Gasteiger partial charge in [-0.05, 0) is 30.5 Å². The lowest BCUT2D eigenvalue weighted by Gasteiger charge is -2.13. The highest BCUT2D eigenvalue weighted by Crippen LogP contribution is 2.13. The van der Waals surface area contributed by atoms with Gasteiger partial charge in [0.25, 0.3) is 0 Å². The first-order chi connectivity index (χ1) is 14.0. The summed E-state index contributed by atoms with van der Waals surface area (Å²) in [7, 11) is 5.13. The molecule has 0 bridgehead atoms. The average Bonchev–Trinajstić information content (AvgIpc) is 3.19. The van der Waals surface area contributed by atoms with Crippen molar-refractivity contribution >= 4 is 47.2 Å². The van der Waals surface area contributed by atoms with Crippen LogP contribution in [-0.2, 0) is 24.1 Å². The van der Waals surface area contributed by atoms with E-state index in [2.05, 4.69) is 27.5 Å². The standard InChI is InChI=1S/C21H31N5O2S.HI/c1-5-18-14-24-19(29-18)11-13-23-21(25-15-20(27)26(2)3)22-12-10-16-6-8-17(28-4)9-7-16;/h6-9,14H,5,10-13,15H2,1-4H3,(H2,22,23,25);1H. The van der Waals surface area contributed by atoms with Gasteiger partial charge in [-0.3, -0.25) is 4.79 Å². The summed E-state index contributed by atoms with van der Waals surface area (Å²) < 4.78 is 5.19. The van der Waals surface area contributed by atoms with E-state index >= 15 is 0 Å². The van der Waals surface area contributed by atoms with E-state index in [1.807, 2.05) is 30.5 Å². The number of benzene rings is 1. The number of hydrogen-bond acceptors (Lipinski definition) is 5. The van der Waals surface area contributed by atoms with Crippen molar-refractivity contribution in [3.63, 3.8) is 0 Å². The number of halogens is 1. The second-order valence-corrected chi connectivity index (χ2v) is 7.93. The van der Waals surface area contributed by atoms with Crippen LogP contribution in [0.2, 0.25) is 0 Å². The van der Waals surface area contributed by atoms with Crippen molar-refractivity contribution in [2.75, 3.05) is 40.8 Å². The van der Waals surface area contributed by atoms with E-state index in [-0.39, 0.29) is 36.4 Å². The first-order valence-corrected chi connectivity index (χ1v) is 10.6. The number of carbonyl (C=O) groups excluding carboxylic acids is 1. The molecular weight excluding hydrogens is 513 g/mol. The number of aliphatic imine (C=N–C) groups is 1. The highest BCUT2D eigenvalue weighted by molar-refractivity contribution is 14.0. The van der Waals surface area contributed by atoms with Gasteiger partial charge >= 0.3 is 0 Å². The third kappa shape index (κ3) is 9.29. The van der Waals surface area contributed by atoms with Crippen LogP contribution in [0.3, 0.4) is 0 Å². The smallest absolute Gasteiger partial charge is 0.243 e. The number of amides is 1. The topological polar surface area (TPSA) is 78.9 Å². The molecule has 2 rings (SSSR count). The van der Waals surface area contributed by atoms with Gasteiger partial charge in [0.1, 0.15) is 12.3 Å². The van der Waals surface area contributed by atoms with Crippen molar-refractivity contribution in [1.82, 2.24) is 20.5 Å². The number of rotatable bonds is 10. The molecule has 0 unspecified atom stereocenters. The van der Waals surface area contributed by atoms with E-state index < -0.39 is 0 Å². The molecule has 0 saturated carbocycles. The number of guanidine groups is 1. The zero-order chi connectivity index (χ0) is 21.1. The number of hydrogen-bond donors (Lipinski definition) is 2. The van der Waals surface area contributed by atoms with Crippen molar-refractivity contribution in [3.05, 3.63) is 45.9 Å². The molecule has 166 valence electrons. The van der Waals surface area contributed by atoms with Crippen LogP contribution in [0.15, 0.2) is 35.5 Å². The molecule has 0 saturated heterocycles. The Morgan fingerprint density at radius 3 is 2.40 bits per heavy atom. The molecule has 1 aromatic heterocycles. The van der Waals surface area contributed by atoms with Gasteiger partial charge in [0.2, 0.25) is 5.91 Å². The minimum Gasteiger partial charge on any atom is -0.497 e. The van der Waals surface area contributed by atoms with E-state index in [0.717, 1.165) is 30.0 Å². The lowest BCUT2D eigenvalue weighted by atomic mass is 10.1. The van der Waals surface area contributed by atoms with Crippen LogP contribution in [0.25, 0.3) is 0 Å². The van der Waals surface area contributed by atoms with Gasteiger partial charge < -0.3 is 20.3 Å². The number of methoxy groups -OCH3 is 1. The van der Waals surface area contributed by atoms with Gasteiger partial charge in [0.15, 0.2) is 5.96 Å². The Balaban J connectivity index is 0.00000450. The minimum atomic E-state index is -0.0336. The van der Waals surface area contributed by atoms with Gasteiger partial charge in [-0.1, -0.05) is 19.1 Å². The highest BCUT2D eigenvalue weighted by atomic mass is 127. The van der Waals surface area contributed by atoms with Crippen molar-refractivity contribution in [2.45, 2.75) is 26.2 Å². The van der Waals surface area contributed by atoms with Crippen LogP contribution >= 0.6 is 35.3 Å². The second kappa shape index (κ2) is 14.2. The van der Waals surface area contributed by atoms with E-state index in [0.29, 0.717) is 19.0 Å². The van der Waals surface area contributed by atoms with E-state index in [1.54, 1.807) is 37.4 Å². The molecule has 0 aliphatic rings. The normalized spacial score (nSPS) is 10.9. The number of aryl methyl sites for hydroxylation is 1. The first-order valence-electron chi connectivity index (χ1n) is 9.80. The third-order valence-corrected chi connectivity index (χ3v) is 5.52. The van der Waals surface area contributed by atoms with Gasteiger partial charge in [0.05, 0.1) is 12.1 Å². The molecule has 0 fully saturated rings. The van der Waals surface area contributed by atoms with E-state index in [9.17, 15) is 4.79 Å². The Morgan fingerprint density at radius 2 is 1.83 bits per heavy atom. The summed E-state index contributed by atoms with van der Waals surface area (Å²) in [5.74, 6) is 1.45. The molecule has 9 heteroatoms. The Kier molecular flexibility index (Phi) is 12.4. The maximum absolute atomic E-state index is 11.9. The molecule has 30 heavy (non-hydrogen) atoms. The average molecular weight is 545 g/mol. The Bertz CT molecular complexity index is 793. The monoisotopic (exact) mass is 545 g/mol. The predicted molar refractivity (Wildman–Crippen MR) is 134 cm³/mol. The van der Waals surface area contributed by atoms with Gasteiger partial charge in [-0.2, -0.15) is 0 Å². The van der Waals surface area contributed by atoms with E-state index in [4.69, 9.17) is 4.74 Å². The van der Waals surface area contributed by atoms with Crippen LogP contribution < -0.4 is 15.4 Å². The van der Waals surface area contributed by atoms with Crippen LogP contribution in [0.4, 0.5) is 0 Å². The fraction of sp³-hybridized carbons (Fsp3) is 0.476.